The molecule has 0 radical (unpaired) electrons. The first kappa shape index (κ1) is 18.2. The molecule has 8 nitrogen and oxygen atoms in total. The van der Waals surface area contributed by atoms with E-state index in [4.69, 9.17) is 0 Å². The van der Waals surface area contributed by atoms with Crippen LogP contribution < -0.4 is 10.6 Å². The number of thiazole rings is 1. The maximum atomic E-state index is 12.6. The van der Waals surface area contributed by atoms with E-state index in [9.17, 15) is 9.59 Å². The number of aryl methyl sites for hydroxylation is 1. The van der Waals surface area contributed by atoms with Gasteiger partial charge in [0.15, 0.2) is 0 Å². The molecule has 1 fully saturated rings. The zero-order chi connectivity index (χ0) is 18.5. The lowest BCUT2D eigenvalue weighted by atomic mass is 10.1. The number of anilines is 1. The molecule has 0 unspecified atom stereocenters. The summed E-state index contributed by atoms with van der Waals surface area (Å²) in [5.74, 6) is 0.335. The Morgan fingerprint density at radius 2 is 1.96 bits per heavy atom. The lowest BCUT2D eigenvalue weighted by Crippen LogP contribution is -2.36. The molecule has 1 saturated heterocycles. The third-order valence-electron chi connectivity index (χ3n) is 4.42. The van der Waals surface area contributed by atoms with Crippen LogP contribution in [0.4, 0.5) is 5.95 Å². The first-order chi connectivity index (χ1) is 12.6. The van der Waals surface area contributed by atoms with Gasteiger partial charge in [0.1, 0.15) is 4.88 Å². The fraction of sp³-hybridized carbons (Fsp3) is 0.471. The summed E-state index contributed by atoms with van der Waals surface area (Å²) in [5, 5.41) is 5.91. The van der Waals surface area contributed by atoms with E-state index < -0.39 is 0 Å². The Labute approximate surface area is 156 Å². The van der Waals surface area contributed by atoms with Crippen LogP contribution in [0.15, 0.2) is 17.9 Å². The van der Waals surface area contributed by atoms with Crippen LogP contribution in [-0.2, 0) is 0 Å². The van der Waals surface area contributed by atoms with Crippen LogP contribution in [0, 0.1) is 6.92 Å². The van der Waals surface area contributed by atoms with Gasteiger partial charge in [0.2, 0.25) is 5.95 Å². The van der Waals surface area contributed by atoms with E-state index >= 15 is 0 Å². The van der Waals surface area contributed by atoms with Crippen molar-refractivity contribution in [3.63, 3.8) is 0 Å². The topological polar surface area (TPSA) is 100 Å². The normalized spacial score (nSPS) is 17.5. The van der Waals surface area contributed by atoms with E-state index in [1.807, 2.05) is 11.8 Å². The van der Waals surface area contributed by atoms with Crippen molar-refractivity contribution < 1.29 is 9.59 Å². The third-order valence-corrected chi connectivity index (χ3v) is 5.35. The van der Waals surface area contributed by atoms with Gasteiger partial charge in [-0.15, -0.1) is 11.3 Å². The molecule has 0 spiro atoms. The smallest absolute Gasteiger partial charge is 0.263 e. The maximum Gasteiger partial charge on any atom is 0.263 e. The van der Waals surface area contributed by atoms with Gasteiger partial charge in [-0.25, -0.2) is 15.0 Å². The van der Waals surface area contributed by atoms with Gasteiger partial charge in [-0.2, -0.15) is 0 Å². The number of nitrogens with one attached hydrogen (secondary N) is 2. The first-order valence-corrected chi connectivity index (χ1v) is 9.46. The molecular formula is C17H22N6O2S. The molecule has 138 valence electrons. The van der Waals surface area contributed by atoms with Gasteiger partial charge >= 0.3 is 0 Å². The molecule has 1 atom stereocenters. The van der Waals surface area contributed by atoms with Crippen LogP contribution in [0.25, 0.3) is 0 Å². The molecule has 0 saturated carbocycles. The van der Waals surface area contributed by atoms with Gasteiger partial charge < -0.3 is 15.5 Å². The van der Waals surface area contributed by atoms with Crippen LogP contribution in [0.2, 0.25) is 0 Å². The SMILES string of the molecule is CNc1ncc(C(=O)N2CCC[C@H](NC(=O)c3scnc3C)CC2)cn1. The predicted octanol–water partition coefficient (Wildman–Crippen LogP) is 1.71. The van der Waals surface area contributed by atoms with Crippen LogP contribution >= 0.6 is 11.3 Å². The molecular weight excluding hydrogens is 352 g/mol. The van der Waals surface area contributed by atoms with Crippen molar-refractivity contribution in [1.82, 2.24) is 25.2 Å². The van der Waals surface area contributed by atoms with E-state index in [2.05, 4.69) is 25.6 Å². The molecule has 3 rings (SSSR count). The summed E-state index contributed by atoms with van der Waals surface area (Å²) in [7, 11) is 1.73. The highest BCUT2D eigenvalue weighted by atomic mass is 32.1. The van der Waals surface area contributed by atoms with Gasteiger partial charge in [0.25, 0.3) is 11.8 Å². The van der Waals surface area contributed by atoms with E-state index in [1.54, 1.807) is 12.6 Å². The number of aromatic nitrogens is 3. The zero-order valence-corrected chi connectivity index (χ0v) is 15.7. The first-order valence-electron chi connectivity index (χ1n) is 8.58. The number of amides is 2. The highest BCUT2D eigenvalue weighted by molar-refractivity contribution is 7.11. The third kappa shape index (κ3) is 4.16. The van der Waals surface area contributed by atoms with Crippen molar-refractivity contribution >= 4 is 29.1 Å². The van der Waals surface area contributed by atoms with Crippen molar-refractivity contribution in [2.24, 2.45) is 0 Å². The Hall–Kier alpha value is -2.55. The average molecular weight is 374 g/mol. The van der Waals surface area contributed by atoms with Crippen LogP contribution in [0.1, 0.15) is 45.0 Å². The Morgan fingerprint density at radius 1 is 1.19 bits per heavy atom. The summed E-state index contributed by atoms with van der Waals surface area (Å²) in [4.78, 5) is 39.8. The summed E-state index contributed by atoms with van der Waals surface area (Å²) in [6.45, 7) is 3.10. The summed E-state index contributed by atoms with van der Waals surface area (Å²) < 4.78 is 0. The number of hydrogen-bond donors (Lipinski definition) is 2. The van der Waals surface area contributed by atoms with Crippen LogP contribution in [0.5, 0.6) is 0 Å². The molecule has 2 aromatic heterocycles. The van der Waals surface area contributed by atoms with Crippen molar-refractivity contribution in [1.29, 1.82) is 0 Å². The molecule has 0 aromatic carbocycles. The Kier molecular flexibility index (Phi) is 5.77. The maximum absolute atomic E-state index is 12.6. The quantitative estimate of drug-likeness (QED) is 0.845. The minimum absolute atomic E-state index is 0.0599. The molecule has 1 aliphatic rings. The number of carbonyl (C=O) groups is 2. The average Bonchev–Trinajstić information content (AvgIpc) is 2.96. The highest BCUT2D eigenvalue weighted by Gasteiger charge is 2.24. The van der Waals surface area contributed by atoms with E-state index in [0.717, 1.165) is 25.0 Å². The highest BCUT2D eigenvalue weighted by Crippen LogP contribution is 2.17. The van der Waals surface area contributed by atoms with Gasteiger partial charge in [-0.3, -0.25) is 9.59 Å². The molecule has 2 N–H and O–H groups in total. The predicted molar refractivity (Wildman–Crippen MR) is 99.4 cm³/mol. The van der Waals surface area contributed by atoms with Crippen molar-refractivity contribution in [3.05, 3.63) is 34.0 Å². The monoisotopic (exact) mass is 374 g/mol. The lowest BCUT2D eigenvalue weighted by Gasteiger charge is -2.20. The minimum atomic E-state index is -0.0779. The molecule has 3 heterocycles. The molecule has 0 aliphatic carbocycles. The van der Waals surface area contributed by atoms with E-state index in [-0.39, 0.29) is 17.9 Å². The Bertz CT molecular complexity index is 776. The van der Waals surface area contributed by atoms with E-state index in [1.165, 1.54) is 23.7 Å². The number of hydrogen-bond acceptors (Lipinski definition) is 7. The second-order valence-electron chi connectivity index (χ2n) is 6.21. The fourth-order valence-electron chi connectivity index (χ4n) is 2.96. The molecule has 0 bridgehead atoms. The minimum Gasteiger partial charge on any atom is -0.357 e. The molecule has 26 heavy (non-hydrogen) atoms. The zero-order valence-electron chi connectivity index (χ0n) is 14.9. The summed E-state index contributed by atoms with van der Waals surface area (Å²) in [6.07, 6.45) is 5.50. The van der Waals surface area contributed by atoms with Crippen LogP contribution in [0.3, 0.4) is 0 Å². The van der Waals surface area contributed by atoms with Crippen molar-refractivity contribution in [2.45, 2.75) is 32.2 Å². The van der Waals surface area contributed by atoms with E-state index in [0.29, 0.717) is 29.5 Å². The van der Waals surface area contributed by atoms with Gasteiger partial charge in [-0.05, 0) is 26.2 Å². The summed E-state index contributed by atoms with van der Waals surface area (Å²) in [5.41, 5.74) is 2.91. The summed E-state index contributed by atoms with van der Waals surface area (Å²) in [6, 6.07) is 0.0599. The molecule has 9 heteroatoms. The molecule has 1 aliphatic heterocycles. The summed E-state index contributed by atoms with van der Waals surface area (Å²) >= 11 is 1.35. The fourth-order valence-corrected chi connectivity index (χ4v) is 3.67. The van der Waals surface area contributed by atoms with Gasteiger partial charge in [0.05, 0.1) is 16.8 Å². The van der Waals surface area contributed by atoms with Crippen molar-refractivity contribution in [3.8, 4) is 0 Å². The van der Waals surface area contributed by atoms with Crippen LogP contribution in [-0.4, -0.2) is 57.8 Å². The number of rotatable bonds is 4. The number of carbonyl (C=O) groups excluding carboxylic acids is 2. The Balaban J connectivity index is 1.58. The number of likely N-dealkylation sites (tertiary alicyclic amines) is 1. The second-order valence-corrected chi connectivity index (χ2v) is 7.06. The lowest BCUT2D eigenvalue weighted by molar-refractivity contribution is 0.0760. The Morgan fingerprint density at radius 3 is 2.62 bits per heavy atom. The second kappa shape index (κ2) is 8.22. The largest absolute Gasteiger partial charge is 0.357 e. The molecule has 2 aromatic rings. The van der Waals surface area contributed by atoms with Gasteiger partial charge in [0, 0.05) is 38.6 Å². The van der Waals surface area contributed by atoms with Crippen molar-refractivity contribution in [2.75, 3.05) is 25.5 Å². The molecule has 2 amide bonds. The standard InChI is InChI=1S/C17H22N6O2S/c1-11-14(26-10-21-11)15(24)22-13-4-3-6-23(7-5-13)16(25)12-8-19-17(18-2)20-9-12/h8-10,13H,3-7H2,1-2H3,(H,22,24)(H,18,19,20)/t13-/m0/s1. The van der Waals surface area contributed by atoms with Gasteiger partial charge in [-0.1, -0.05) is 0 Å². The number of nitrogens with zero attached hydrogens (tertiary/aromatic N) is 4.